The van der Waals surface area contributed by atoms with Crippen molar-refractivity contribution in [3.05, 3.63) is 64.9 Å². The first-order valence-corrected chi connectivity index (χ1v) is 8.96. The second-order valence-corrected chi connectivity index (χ2v) is 7.13. The molecule has 132 valence electrons. The minimum absolute atomic E-state index is 0.140. The van der Waals surface area contributed by atoms with Crippen molar-refractivity contribution < 1.29 is 13.3 Å². The van der Waals surface area contributed by atoms with Gasteiger partial charge in [0.25, 0.3) is 0 Å². The quantitative estimate of drug-likeness (QED) is 0.675. The van der Waals surface area contributed by atoms with Gasteiger partial charge in [0, 0.05) is 29.5 Å². The van der Waals surface area contributed by atoms with Gasteiger partial charge in [-0.2, -0.15) is 0 Å². The van der Waals surface area contributed by atoms with Crippen molar-refractivity contribution in [2.45, 2.75) is 18.8 Å². The molecule has 0 radical (unpaired) electrons. The molecule has 1 aliphatic carbocycles. The van der Waals surface area contributed by atoms with Crippen LogP contribution in [0.25, 0.3) is 22.6 Å². The summed E-state index contributed by atoms with van der Waals surface area (Å²) >= 11 is 0. The molecule has 2 aromatic carbocycles. The van der Waals surface area contributed by atoms with Crippen molar-refractivity contribution in [2.75, 3.05) is 19.6 Å². The molecule has 0 atom stereocenters. The summed E-state index contributed by atoms with van der Waals surface area (Å²) in [7, 11) is 0. The number of hydrogen-bond acceptors (Lipinski definition) is 3. The Morgan fingerprint density at radius 3 is 2.81 bits per heavy atom. The van der Waals surface area contributed by atoms with E-state index in [9.17, 15) is 8.78 Å². The van der Waals surface area contributed by atoms with Crippen LogP contribution in [0.4, 0.5) is 8.78 Å². The zero-order chi connectivity index (χ0) is 17.7. The van der Waals surface area contributed by atoms with Gasteiger partial charge in [0.2, 0.25) is 0 Å². The highest BCUT2D eigenvalue weighted by Gasteiger charge is 2.27. The SMILES string of the molecule is Fc1ccc2c(C3CCN(CC4=Cc5c(F)cccc54)CC3)noc2c1. The molecule has 0 amide bonds. The third-order valence-corrected chi connectivity index (χ3v) is 5.55. The van der Waals surface area contributed by atoms with E-state index in [0.29, 0.717) is 11.5 Å². The number of rotatable bonds is 3. The number of benzene rings is 2. The second kappa shape index (κ2) is 6.02. The van der Waals surface area contributed by atoms with Crippen molar-refractivity contribution in [1.29, 1.82) is 0 Å². The topological polar surface area (TPSA) is 29.3 Å². The Labute approximate surface area is 149 Å². The predicted molar refractivity (Wildman–Crippen MR) is 96.7 cm³/mol. The summed E-state index contributed by atoms with van der Waals surface area (Å²) in [6.07, 6.45) is 3.93. The monoisotopic (exact) mass is 352 g/mol. The summed E-state index contributed by atoms with van der Waals surface area (Å²) in [5.41, 5.74) is 4.44. The Kier molecular flexibility index (Phi) is 3.64. The zero-order valence-electron chi connectivity index (χ0n) is 14.2. The molecule has 2 aliphatic rings. The summed E-state index contributed by atoms with van der Waals surface area (Å²) in [5.74, 6) is -0.113. The number of aromatic nitrogens is 1. The van der Waals surface area contributed by atoms with Gasteiger partial charge < -0.3 is 4.52 Å². The summed E-state index contributed by atoms with van der Waals surface area (Å²) in [4.78, 5) is 2.40. The molecule has 0 unspecified atom stereocenters. The van der Waals surface area contributed by atoms with E-state index in [4.69, 9.17) is 4.52 Å². The van der Waals surface area contributed by atoms with Crippen LogP contribution < -0.4 is 0 Å². The first-order valence-electron chi connectivity index (χ1n) is 8.96. The smallest absolute Gasteiger partial charge is 0.170 e. The average molecular weight is 352 g/mol. The van der Waals surface area contributed by atoms with E-state index in [1.807, 2.05) is 12.1 Å². The van der Waals surface area contributed by atoms with E-state index in [1.54, 1.807) is 12.1 Å². The van der Waals surface area contributed by atoms with E-state index in [-0.39, 0.29) is 11.6 Å². The molecule has 5 rings (SSSR count). The van der Waals surface area contributed by atoms with Crippen molar-refractivity contribution in [2.24, 2.45) is 0 Å². The Hall–Kier alpha value is -2.53. The normalized spacial score (nSPS) is 17.8. The molecule has 1 aromatic heterocycles. The Morgan fingerprint density at radius 1 is 1.12 bits per heavy atom. The largest absolute Gasteiger partial charge is 0.356 e. The fourth-order valence-electron chi connectivity index (χ4n) is 4.10. The second-order valence-electron chi connectivity index (χ2n) is 7.13. The van der Waals surface area contributed by atoms with E-state index >= 15 is 0 Å². The maximum Gasteiger partial charge on any atom is 0.170 e. The van der Waals surface area contributed by atoms with E-state index < -0.39 is 0 Å². The molecule has 3 aromatic rings. The van der Waals surface area contributed by atoms with Crippen LogP contribution in [0.3, 0.4) is 0 Å². The van der Waals surface area contributed by atoms with E-state index in [0.717, 1.165) is 54.7 Å². The van der Waals surface area contributed by atoms with Gasteiger partial charge in [-0.05, 0) is 61.3 Å². The number of hydrogen-bond donors (Lipinski definition) is 0. The molecule has 1 saturated heterocycles. The van der Waals surface area contributed by atoms with Crippen LogP contribution in [-0.4, -0.2) is 29.7 Å². The molecule has 5 heteroatoms. The van der Waals surface area contributed by atoms with Crippen molar-refractivity contribution in [3.8, 4) is 0 Å². The lowest BCUT2D eigenvalue weighted by molar-refractivity contribution is 0.231. The highest BCUT2D eigenvalue weighted by Crippen LogP contribution is 2.37. The van der Waals surface area contributed by atoms with Crippen LogP contribution >= 0.6 is 0 Å². The molecule has 3 nitrogen and oxygen atoms in total. The molecular formula is C21H18F2N2O. The lowest BCUT2D eigenvalue weighted by atomic mass is 9.86. The number of piperidine rings is 1. The van der Waals surface area contributed by atoms with Gasteiger partial charge in [-0.25, -0.2) is 8.78 Å². The lowest BCUT2D eigenvalue weighted by Gasteiger charge is -2.33. The molecule has 0 saturated carbocycles. The Bertz CT molecular complexity index is 1020. The first-order chi connectivity index (χ1) is 12.7. The molecular weight excluding hydrogens is 334 g/mol. The van der Waals surface area contributed by atoms with Gasteiger partial charge in [-0.15, -0.1) is 0 Å². The van der Waals surface area contributed by atoms with Crippen LogP contribution in [-0.2, 0) is 0 Å². The number of fused-ring (bicyclic) bond motifs is 2. The minimum atomic E-state index is -0.305. The fourth-order valence-corrected chi connectivity index (χ4v) is 4.10. The fraction of sp³-hybridized carbons (Fsp3) is 0.286. The summed E-state index contributed by atoms with van der Waals surface area (Å²) < 4.78 is 32.3. The van der Waals surface area contributed by atoms with Gasteiger partial charge >= 0.3 is 0 Å². The lowest BCUT2D eigenvalue weighted by Crippen LogP contribution is -2.35. The van der Waals surface area contributed by atoms with Crippen LogP contribution in [0.15, 0.2) is 40.9 Å². The average Bonchev–Trinajstić information content (AvgIpc) is 3.04. The molecule has 0 spiro atoms. The van der Waals surface area contributed by atoms with Gasteiger partial charge in [-0.1, -0.05) is 17.3 Å². The van der Waals surface area contributed by atoms with Crippen molar-refractivity contribution >= 4 is 22.6 Å². The maximum absolute atomic E-state index is 13.6. The molecule has 26 heavy (non-hydrogen) atoms. The molecule has 1 aliphatic heterocycles. The van der Waals surface area contributed by atoms with E-state index in [2.05, 4.69) is 10.1 Å². The van der Waals surface area contributed by atoms with Crippen LogP contribution in [0.1, 0.15) is 35.6 Å². The standard InChI is InChI=1S/C21H18F2N2O/c22-15-4-5-17-20(11-15)26-24-21(17)13-6-8-25(9-7-13)12-14-10-18-16(14)2-1-3-19(18)23/h1-5,10-11,13H,6-9,12H2. The Balaban J connectivity index is 1.25. The molecule has 2 heterocycles. The highest BCUT2D eigenvalue weighted by molar-refractivity contribution is 5.96. The summed E-state index contributed by atoms with van der Waals surface area (Å²) in [6.45, 7) is 2.78. The zero-order valence-corrected chi connectivity index (χ0v) is 14.2. The van der Waals surface area contributed by atoms with Gasteiger partial charge in [0.15, 0.2) is 5.58 Å². The highest BCUT2D eigenvalue weighted by atomic mass is 19.1. The van der Waals surface area contributed by atoms with Crippen molar-refractivity contribution in [1.82, 2.24) is 10.1 Å². The number of halogens is 2. The van der Waals surface area contributed by atoms with Gasteiger partial charge in [0.1, 0.15) is 11.6 Å². The van der Waals surface area contributed by atoms with Crippen molar-refractivity contribution in [3.63, 3.8) is 0 Å². The van der Waals surface area contributed by atoms with Gasteiger partial charge in [0.05, 0.1) is 5.69 Å². The van der Waals surface area contributed by atoms with Gasteiger partial charge in [-0.3, -0.25) is 4.90 Å². The van der Waals surface area contributed by atoms with E-state index in [1.165, 1.54) is 23.8 Å². The van der Waals surface area contributed by atoms with Crippen LogP contribution in [0.5, 0.6) is 0 Å². The molecule has 0 bridgehead atoms. The number of nitrogens with zero attached hydrogens (tertiary/aromatic N) is 2. The first kappa shape index (κ1) is 15.7. The Morgan fingerprint density at radius 2 is 1.96 bits per heavy atom. The molecule has 0 N–H and O–H groups in total. The minimum Gasteiger partial charge on any atom is -0.356 e. The molecule has 1 fully saturated rings. The summed E-state index contributed by atoms with van der Waals surface area (Å²) in [6, 6.07) is 9.87. The van der Waals surface area contributed by atoms with Crippen LogP contribution in [0, 0.1) is 11.6 Å². The summed E-state index contributed by atoms with van der Waals surface area (Å²) in [5, 5.41) is 5.11. The predicted octanol–water partition coefficient (Wildman–Crippen LogP) is 4.84. The third-order valence-electron chi connectivity index (χ3n) is 5.55. The number of likely N-dealkylation sites (tertiary alicyclic amines) is 1. The maximum atomic E-state index is 13.6. The third kappa shape index (κ3) is 2.54. The van der Waals surface area contributed by atoms with Crippen LogP contribution in [0.2, 0.25) is 0 Å².